The number of fused-ring (bicyclic) bond motifs is 2. The number of hydrogen-bond donors (Lipinski definition) is 0. The summed E-state index contributed by atoms with van der Waals surface area (Å²) < 4.78 is 0. The van der Waals surface area contributed by atoms with E-state index in [0.29, 0.717) is 0 Å². The lowest BCUT2D eigenvalue weighted by atomic mass is 8.78. The number of rotatable bonds is 0. The zero-order valence-corrected chi connectivity index (χ0v) is 14.5. The third kappa shape index (κ3) is 0.168. The molecule has 0 radical (unpaired) electrons. The Hall–Kier alpha value is 0.430. The molecule has 0 bridgehead atoms. The summed E-state index contributed by atoms with van der Waals surface area (Å²) in [5.74, 6) is 5.05. The average molecular weight is 302 g/mol. The molecule has 22 heavy (non-hydrogen) atoms. The summed E-state index contributed by atoms with van der Waals surface area (Å²) in [7, 11) is 3.65. The molecule has 14 rings (SSSR count). The first-order valence-corrected chi connectivity index (χ1v) is 10.8. The van der Waals surface area contributed by atoms with E-state index in [4.69, 9.17) is 0 Å². The minimum absolute atomic E-state index is 0.777. The summed E-state index contributed by atoms with van der Waals surface area (Å²) in [6.07, 6.45) is 3.39. The third-order valence-corrected chi connectivity index (χ3v) is 18.7. The standard InChI is InChI=1S/C21H19P/c1-10-11(2)16-8-4-6-9-7-5-13(22)15(7)17(9)14(6,8)19(11,16)20(10,17)21(15)12(10,3)18(13,16)21/h6-9H,4-5,22H2,1-3H3. The molecule has 14 aliphatic rings. The van der Waals surface area contributed by atoms with E-state index in [9.17, 15) is 0 Å². The van der Waals surface area contributed by atoms with Crippen LogP contribution in [0.25, 0.3) is 0 Å². The molecule has 0 amide bonds. The molecule has 0 aromatic rings. The first kappa shape index (κ1) is 8.69. The Labute approximate surface area is 131 Å². The van der Waals surface area contributed by atoms with E-state index in [0.717, 1.165) is 64.7 Å². The largest absolute Gasteiger partial charge is 0.130 e. The molecular weight excluding hydrogens is 283 g/mol. The van der Waals surface area contributed by atoms with Crippen LogP contribution in [-0.2, 0) is 0 Å². The van der Waals surface area contributed by atoms with E-state index in [1.54, 1.807) is 12.8 Å². The second-order valence-electron chi connectivity index (χ2n) is 13.4. The van der Waals surface area contributed by atoms with Crippen molar-refractivity contribution in [1.82, 2.24) is 0 Å². The molecule has 17 atom stereocenters. The van der Waals surface area contributed by atoms with Gasteiger partial charge in [0.15, 0.2) is 0 Å². The van der Waals surface area contributed by atoms with Crippen molar-refractivity contribution in [1.29, 1.82) is 0 Å². The van der Waals surface area contributed by atoms with E-state index in [1.165, 1.54) is 23.7 Å². The molecule has 0 nitrogen and oxygen atoms in total. The lowest BCUT2D eigenvalue weighted by Crippen LogP contribution is -3.24. The van der Waals surface area contributed by atoms with Crippen molar-refractivity contribution >= 4 is 9.24 Å². The van der Waals surface area contributed by atoms with Crippen LogP contribution in [0.3, 0.4) is 0 Å². The molecule has 0 aromatic carbocycles. The van der Waals surface area contributed by atoms with Crippen molar-refractivity contribution in [2.75, 3.05) is 0 Å². The highest BCUT2D eigenvalue weighted by atomic mass is 31.0. The van der Waals surface area contributed by atoms with E-state index in [-0.39, 0.29) is 0 Å². The summed E-state index contributed by atoms with van der Waals surface area (Å²) >= 11 is 0. The summed E-state index contributed by atoms with van der Waals surface area (Å²) in [5.41, 5.74) is 10.2. The third-order valence-electron chi connectivity index (χ3n) is 17.6. The van der Waals surface area contributed by atoms with Gasteiger partial charge in [-0.15, -0.1) is 9.24 Å². The topological polar surface area (TPSA) is 0 Å². The predicted molar refractivity (Wildman–Crippen MR) is 79.4 cm³/mol. The molecule has 1 heteroatoms. The maximum absolute atomic E-state index is 3.65. The second kappa shape index (κ2) is 1.20. The van der Waals surface area contributed by atoms with Crippen LogP contribution in [0.4, 0.5) is 0 Å². The highest BCUT2D eigenvalue weighted by Crippen LogP contribution is 3.61. The molecule has 14 aliphatic carbocycles. The van der Waals surface area contributed by atoms with Crippen molar-refractivity contribution in [2.24, 2.45) is 83.2 Å². The van der Waals surface area contributed by atoms with Gasteiger partial charge in [0.2, 0.25) is 0 Å². The van der Waals surface area contributed by atoms with Crippen LogP contribution in [0, 0.1) is 83.2 Å². The number of hydrogen-bond acceptors (Lipinski definition) is 0. The Balaban J connectivity index is 1.49. The molecule has 14 fully saturated rings. The SMILES string of the molecule is CC12C3(C)C4(C)C56C7(P)CC8C9C%10CC%11C%10%12C9%10C87C45C3%10C%121C%1126. The molecule has 0 aromatic heterocycles. The smallest absolute Gasteiger partial charge is 0.000967 e. The van der Waals surface area contributed by atoms with Crippen LogP contribution in [0.1, 0.15) is 33.6 Å². The fourth-order valence-electron chi connectivity index (χ4n) is 21.3. The first-order valence-electron chi connectivity index (χ1n) is 10.2. The molecule has 17 unspecified atom stereocenters. The molecular formula is C21H19P. The van der Waals surface area contributed by atoms with Crippen molar-refractivity contribution < 1.29 is 0 Å². The van der Waals surface area contributed by atoms with Gasteiger partial charge in [-0.3, -0.25) is 0 Å². The molecule has 0 heterocycles. The van der Waals surface area contributed by atoms with Gasteiger partial charge in [0.25, 0.3) is 0 Å². The van der Waals surface area contributed by atoms with Crippen LogP contribution in [0.2, 0.25) is 0 Å². The normalized spacial score (nSPS) is 127. The highest BCUT2D eigenvalue weighted by molar-refractivity contribution is 7.20. The van der Waals surface area contributed by atoms with E-state index < -0.39 is 0 Å². The fraction of sp³-hybridized carbons (Fsp3) is 1.00. The van der Waals surface area contributed by atoms with Gasteiger partial charge in [-0.25, -0.2) is 0 Å². The minimum atomic E-state index is 0.777. The molecule has 14 saturated carbocycles. The predicted octanol–water partition coefficient (Wildman–Crippen LogP) is 2.93. The Kier molecular flexibility index (Phi) is 0.473. The van der Waals surface area contributed by atoms with Crippen molar-refractivity contribution in [3.8, 4) is 0 Å². The zero-order chi connectivity index (χ0) is 13.7. The van der Waals surface area contributed by atoms with Crippen LogP contribution in [0.5, 0.6) is 0 Å². The maximum atomic E-state index is 3.65. The minimum Gasteiger partial charge on any atom is -0.130 e. The van der Waals surface area contributed by atoms with Crippen molar-refractivity contribution in [3.05, 3.63) is 0 Å². The summed E-state index contributed by atoms with van der Waals surface area (Å²) in [6, 6.07) is 0. The first-order chi connectivity index (χ1) is 10.4. The Morgan fingerprint density at radius 3 is 2.36 bits per heavy atom. The molecule has 0 aliphatic heterocycles. The van der Waals surface area contributed by atoms with Gasteiger partial charge >= 0.3 is 0 Å². The summed E-state index contributed by atoms with van der Waals surface area (Å²) in [6.45, 7) is 8.59. The van der Waals surface area contributed by atoms with E-state index in [1.807, 2.05) is 0 Å². The van der Waals surface area contributed by atoms with Crippen LogP contribution < -0.4 is 0 Å². The Morgan fingerprint density at radius 2 is 1.55 bits per heavy atom. The molecule has 0 saturated heterocycles. The van der Waals surface area contributed by atoms with Gasteiger partial charge in [0.1, 0.15) is 0 Å². The zero-order valence-electron chi connectivity index (χ0n) is 13.3. The summed E-state index contributed by atoms with van der Waals surface area (Å²) in [5, 5.41) is 0.777. The van der Waals surface area contributed by atoms with Crippen molar-refractivity contribution in [3.63, 3.8) is 0 Å². The van der Waals surface area contributed by atoms with Gasteiger partial charge in [-0.05, 0) is 95.8 Å². The second-order valence-corrected chi connectivity index (χ2v) is 14.4. The molecule has 8 spiro atoms. The van der Waals surface area contributed by atoms with Gasteiger partial charge < -0.3 is 0 Å². The van der Waals surface area contributed by atoms with Crippen molar-refractivity contribution in [2.45, 2.75) is 38.8 Å². The van der Waals surface area contributed by atoms with E-state index >= 15 is 0 Å². The lowest BCUT2D eigenvalue weighted by Gasteiger charge is -3.25. The van der Waals surface area contributed by atoms with Crippen LogP contribution >= 0.6 is 9.24 Å². The lowest BCUT2D eigenvalue weighted by molar-refractivity contribution is -0.789. The van der Waals surface area contributed by atoms with Gasteiger partial charge in [-0.2, -0.15) is 0 Å². The molecule has 108 valence electrons. The van der Waals surface area contributed by atoms with Crippen LogP contribution in [0.15, 0.2) is 0 Å². The Morgan fingerprint density at radius 1 is 0.773 bits per heavy atom. The monoisotopic (exact) mass is 302 g/mol. The van der Waals surface area contributed by atoms with Gasteiger partial charge in [0.05, 0.1) is 0 Å². The average Bonchev–Trinajstić information content (AvgIpc) is 3.00. The molecule has 0 N–H and O–H groups in total. The highest BCUT2D eigenvalue weighted by Gasteiger charge is 3.60. The van der Waals surface area contributed by atoms with Crippen LogP contribution in [-0.4, -0.2) is 5.16 Å². The van der Waals surface area contributed by atoms with E-state index in [2.05, 4.69) is 30.0 Å². The maximum Gasteiger partial charge on any atom is 0.000967 e. The van der Waals surface area contributed by atoms with Gasteiger partial charge in [-0.1, -0.05) is 20.8 Å². The van der Waals surface area contributed by atoms with Gasteiger partial charge in [0, 0.05) is 5.41 Å². The Bertz CT molecular complexity index is 1110. The summed E-state index contributed by atoms with van der Waals surface area (Å²) in [4.78, 5) is 0. The quantitative estimate of drug-likeness (QED) is 0.604. The fourth-order valence-corrected chi connectivity index (χ4v) is 23.0.